The number of aromatic nitrogens is 1. The first-order valence-electron chi connectivity index (χ1n) is 5.26. The molecule has 1 aromatic heterocycles. The van der Waals surface area contributed by atoms with E-state index in [9.17, 15) is 0 Å². The lowest BCUT2D eigenvalue weighted by Gasteiger charge is -2.11. The molecule has 2 aromatic rings. The summed E-state index contributed by atoms with van der Waals surface area (Å²) >= 11 is 9.70. The van der Waals surface area contributed by atoms with Crippen molar-refractivity contribution in [3.63, 3.8) is 0 Å². The molecule has 84 valence electrons. The Labute approximate surface area is 109 Å². The lowest BCUT2D eigenvalue weighted by atomic mass is 10.0. The topological polar surface area (TPSA) is 12.9 Å². The van der Waals surface area contributed by atoms with Crippen molar-refractivity contribution >= 4 is 38.4 Å². The van der Waals surface area contributed by atoms with E-state index >= 15 is 0 Å². The number of halogens is 2. The van der Waals surface area contributed by atoms with Gasteiger partial charge in [0.05, 0.1) is 5.52 Å². The van der Waals surface area contributed by atoms with Gasteiger partial charge < -0.3 is 0 Å². The van der Waals surface area contributed by atoms with Crippen LogP contribution in [0.4, 0.5) is 0 Å². The SMILES string of the molecule is Cc1c(Br)ccc2cc(C(C)C)c(Cl)nc12. The van der Waals surface area contributed by atoms with Crippen LogP contribution in [0.25, 0.3) is 10.9 Å². The molecule has 0 amide bonds. The Bertz CT molecular complexity index is 549. The smallest absolute Gasteiger partial charge is 0.133 e. The average molecular weight is 299 g/mol. The fourth-order valence-electron chi connectivity index (χ4n) is 1.76. The van der Waals surface area contributed by atoms with Gasteiger partial charge in [-0.2, -0.15) is 0 Å². The Hall–Kier alpha value is -0.600. The van der Waals surface area contributed by atoms with Crippen molar-refractivity contribution in [3.8, 4) is 0 Å². The maximum Gasteiger partial charge on any atom is 0.133 e. The zero-order valence-corrected chi connectivity index (χ0v) is 11.9. The number of aryl methyl sites for hydroxylation is 1. The van der Waals surface area contributed by atoms with Crippen LogP contribution in [0.15, 0.2) is 22.7 Å². The van der Waals surface area contributed by atoms with Crippen LogP contribution in [-0.2, 0) is 0 Å². The summed E-state index contributed by atoms with van der Waals surface area (Å²) in [4.78, 5) is 4.49. The Morgan fingerprint density at radius 2 is 2.00 bits per heavy atom. The van der Waals surface area contributed by atoms with Gasteiger partial charge in [0.15, 0.2) is 0 Å². The molecule has 0 aliphatic carbocycles. The van der Waals surface area contributed by atoms with Gasteiger partial charge in [-0.05, 0) is 36.1 Å². The van der Waals surface area contributed by atoms with Crippen molar-refractivity contribution in [1.29, 1.82) is 0 Å². The quantitative estimate of drug-likeness (QED) is 0.669. The van der Waals surface area contributed by atoms with Crippen LogP contribution in [0, 0.1) is 6.92 Å². The molecular weight excluding hydrogens is 286 g/mol. The monoisotopic (exact) mass is 297 g/mol. The van der Waals surface area contributed by atoms with Gasteiger partial charge in [0.2, 0.25) is 0 Å². The fraction of sp³-hybridized carbons (Fsp3) is 0.308. The molecule has 0 aliphatic heterocycles. The predicted molar refractivity (Wildman–Crippen MR) is 73.3 cm³/mol. The summed E-state index contributed by atoms with van der Waals surface area (Å²) in [5, 5.41) is 1.76. The fourth-order valence-corrected chi connectivity index (χ4v) is 2.43. The second-order valence-electron chi connectivity index (χ2n) is 4.27. The maximum atomic E-state index is 6.20. The lowest BCUT2D eigenvalue weighted by Crippen LogP contribution is -1.94. The molecule has 0 bridgehead atoms. The van der Waals surface area contributed by atoms with E-state index < -0.39 is 0 Å². The van der Waals surface area contributed by atoms with Gasteiger partial charge in [0.1, 0.15) is 5.15 Å². The summed E-state index contributed by atoms with van der Waals surface area (Å²) in [7, 11) is 0. The van der Waals surface area contributed by atoms with E-state index in [2.05, 4.69) is 53.0 Å². The molecule has 0 spiro atoms. The average Bonchev–Trinajstić information content (AvgIpc) is 2.23. The minimum Gasteiger partial charge on any atom is -0.235 e. The summed E-state index contributed by atoms with van der Waals surface area (Å²) in [6.45, 7) is 6.30. The lowest BCUT2D eigenvalue weighted by molar-refractivity contribution is 0.862. The Morgan fingerprint density at radius 3 is 2.62 bits per heavy atom. The van der Waals surface area contributed by atoms with Crippen molar-refractivity contribution in [2.45, 2.75) is 26.7 Å². The van der Waals surface area contributed by atoms with Crippen LogP contribution in [0.1, 0.15) is 30.9 Å². The Balaban J connectivity index is 2.79. The van der Waals surface area contributed by atoms with Gasteiger partial charge in [0, 0.05) is 9.86 Å². The normalized spacial score (nSPS) is 11.4. The summed E-state index contributed by atoms with van der Waals surface area (Å²) in [6.07, 6.45) is 0. The highest BCUT2D eigenvalue weighted by Crippen LogP contribution is 2.30. The largest absolute Gasteiger partial charge is 0.235 e. The van der Waals surface area contributed by atoms with Crippen LogP contribution >= 0.6 is 27.5 Å². The molecular formula is C13H13BrClN. The molecule has 1 nitrogen and oxygen atoms in total. The van der Waals surface area contributed by atoms with Gasteiger partial charge >= 0.3 is 0 Å². The number of hydrogen-bond acceptors (Lipinski definition) is 1. The van der Waals surface area contributed by atoms with Crippen LogP contribution < -0.4 is 0 Å². The number of nitrogens with zero attached hydrogens (tertiary/aromatic N) is 1. The number of rotatable bonds is 1. The Kier molecular flexibility index (Phi) is 3.22. The molecule has 16 heavy (non-hydrogen) atoms. The molecule has 1 heterocycles. The molecule has 0 fully saturated rings. The third-order valence-corrected chi connectivity index (χ3v) is 3.94. The van der Waals surface area contributed by atoms with E-state index in [1.807, 2.05) is 6.92 Å². The summed E-state index contributed by atoms with van der Waals surface area (Å²) in [5.74, 6) is 0.397. The maximum absolute atomic E-state index is 6.20. The van der Waals surface area contributed by atoms with Crippen molar-refractivity contribution in [2.75, 3.05) is 0 Å². The zero-order chi connectivity index (χ0) is 11.9. The van der Waals surface area contributed by atoms with Crippen LogP contribution in [-0.4, -0.2) is 4.98 Å². The van der Waals surface area contributed by atoms with E-state index in [1.165, 1.54) is 0 Å². The number of hydrogen-bond donors (Lipinski definition) is 0. The van der Waals surface area contributed by atoms with Crippen molar-refractivity contribution in [1.82, 2.24) is 4.98 Å². The molecule has 0 saturated carbocycles. The third kappa shape index (κ3) is 1.96. The summed E-state index contributed by atoms with van der Waals surface area (Å²) in [5.41, 5.74) is 3.22. The van der Waals surface area contributed by atoms with E-state index in [0.29, 0.717) is 11.1 Å². The first kappa shape index (κ1) is 11.9. The van der Waals surface area contributed by atoms with Crippen LogP contribution in [0.3, 0.4) is 0 Å². The summed E-state index contributed by atoms with van der Waals surface area (Å²) in [6, 6.07) is 6.26. The molecule has 0 unspecified atom stereocenters. The molecule has 3 heteroatoms. The molecule has 0 radical (unpaired) electrons. The van der Waals surface area contributed by atoms with E-state index in [0.717, 1.165) is 26.5 Å². The highest BCUT2D eigenvalue weighted by atomic mass is 79.9. The zero-order valence-electron chi connectivity index (χ0n) is 9.51. The molecule has 2 rings (SSSR count). The van der Waals surface area contributed by atoms with Gasteiger partial charge in [-0.15, -0.1) is 0 Å². The van der Waals surface area contributed by atoms with Crippen molar-refractivity contribution in [3.05, 3.63) is 39.0 Å². The molecule has 1 aromatic carbocycles. The summed E-state index contributed by atoms with van der Waals surface area (Å²) < 4.78 is 1.07. The first-order valence-corrected chi connectivity index (χ1v) is 6.43. The highest BCUT2D eigenvalue weighted by molar-refractivity contribution is 9.10. The minimum atomic E-state index is 0.397. The van der Waals surface area contributed by atoms with Crippen molar-refractivity contribution in [2.24, 2.45) is 0 Å². The van der Waals surface area contributed by atoms with Crippen molar-refractivity contribution < 1.29 is 0 Å². The molecule has 0 saturated heterocycles. The standard InChI is InChI=1S/C13H13BrClN/c1-7(2)10-6-9-4-5-11(14)8(3)12(9)16-13(10)15/h4-7H,1-3H3. The van der Waals surface area contributed by atoms with Crippen LogP contribution in [0.2, 0.25) is 5.15 Å². The molecule has 0 atom stereocenters. The van der Waals surface area contributed by atoms with E-state index in [1.54, 1.807) is 0 Å². The number of benzene rings is 1. The van der Waals surface area contributed by atoms with Crippen LogP contribution in [0.5, 0.6) is 0 Å². The molecule has 0 aliphatic rings. The van der Waals surface area contributed by atoms with Gasteiger partial charge in [-0.25, -0.2) is 4.98 Å². The Morgan fingerprint density at radius 1 is 1.31 bits per heavy atom. The third-order valence-electron chi connectivity index (χ3n) is 2.78. The second kappa shape index (κ2) is 4.34. The minimum absolute atomic E-state index is 0.397. The van der Waals surface area contributed by atoms with Gasteiger partial charge in [-0.1, -0.05) is 47.4 Å². The molecule has 0 N–H and O–H groups in total. The first-order chi connectivity index (χ1) is 7.50. The van der Waals surface area contributed by atoms with Gasteiger partial charge in [0.25, 0.3) is 0 Å². The predicted octanol–water partition coefficient (Wildman–Crippen LogP) is 5.08. The van der Waals surface area contributed by atoms with E-state index in [-0.39, 0.29) is 0 Å². The van der Waals surface area contributed by atoms with E-state index in [4.69, 9.17) is 11.6 Å². The van der Waals surface area contributed by atoms with Gasteiger partial charge in [-0.3, -0.25) is 0 Å². The number of fused-ring (bicyclic) bond motifs is 1. The highest BCUT2D eigenvalue weighted by Gasteiger charge is 2.10. The number of pyridine rings is 1. The second-order valence-corrected chi connectivity index (χ2v) is 5.48.